The van der Waals surface area contributed by atoms with Gasteiger partial charge in [-0.2, -0.15) is 0 Å². The fourth-order valence-electron chi connectivity index (χ4n) is 2.25. The quantitative estimate of drug-likeness (QED) is 0.889. The summed E-state index contributed by atoms with van der Waals surface area (Å²) in [4.78, 5) is 11.0. The molecule has 0 aromatic heterocycles. The van der Waals surface area contributed by atoms with Crippen molar-refractivity contribution in [1.82, 2.24) is 0 Å². The second kappa shape index (κ2) is 5.47. The number of aryl methyl sites for hydroxylation is 1. The van der Waals surface area contributed by atoms with Crippen molar-refractivity contribution in [3.63, 3.8) is 0 Å². The molecule has 0 bridgehead atoms. The molecular formula is C17H27NO2. The lowest BCUT2D eigenvalue weighted by atomic mass is 9.78. The molecule has 3 N–H and O–H groups in total. The van der Waals surface area contributed by atoms with E-state index >= 15 is 0 Å². The summed E-state index contributed by atoms with van der Waals surface area (Å²) in [7, 11) is 0. The predicted molar refractivity (Wildman–Crippen MR) is 83.0 cm³/mol. The van der Waals surface area contributed by atoms with Crippen LogP contribution in [0.25, 0.3) is 0 Å². The third-order valence-electron chi connectivity index (χ3n) is 3.45. The van der Waals surface area contributed by atoms with E-state index in [1.165, 1.54) is 0 Å². The number of rotatable bonds is 3. The highest BCUT2D eigenvalue weighted by atomic mass is 16.3. The van der Waals surface area contributed by atoms with Crippen LogP contribution in [-0.2, 0) is 22.0 Å². The number of benzene rings is 1. The molecule has 1 rings (SSSR count). The van der Waals surface area contributed by atoms with E-state index in [-0.39, 0.29) is 16.7 Å². The van der Waals surface area contributed by atoms with Crippen molar-refractivity contribution in [3.05, 3.63) is 28.8 Å². The van der Waals surface area contributed by atoms with E-state index in [1.807, 2.05) is 12.1 Å². The predicted octanol–water partition coefficient (Wildman–Crippen LogP) is 3.41. The zero-order valence-electron chi connectivity index (χ0n) is 13.5. The minimum Gasteiger partial charge on any atom is -0.507 e. The Bertz CT molecular complexity index is 470. The third-order valence-corrected chi connectivity index (χ3v) is 3.45. The molecule has 0 aliphatic heterocycles. The van der Waals surface area contributed by atoms with Gasteiger partial charge in [0.05, 0.1) is 0 Å². The highest BCUT2D eigenvalue weighted by molar-refractivity contribution is 5.74. The van der Waals surface area contributed by atoms with Crippen molar-refractivity contribution in [2.45, 2.75) is 65.2 Å². The summed E-state index contributed by atoms with van der Waals surface area (Å²) in [6.07, 6.45) is 0.944. The summed E-state index contributed by atoms with van der Waals surface area (Å²) >= 11 is 0. The molecule has 0 aliphatic rings. The Kier molecular flexibility index (Phi) is 4.52. The Morgan fingerprint density at radius 3 is 1.75 bits per heavy atom. The van der Waals surface area contributed by atoms with Crippen molar-refractivity contribution in [1.29, 1.82) is 0 Å². The Hall–Kier alpha value is -1.51. The zero-order chi connectivity index (χ0) is 15.7. The number of nitrogens with two attached hydrogens (primary N) is 1. The fraction of sp³-hybridized carbons (Fsp3) is 0.588. The molecule has 0 radical (unpaired) electrons. The topological polar surface area (TPSA) is 63.3 Å². The van der Waals surface area contributed by atoms with Gasteiger partial charge in [-0.05, 0) is 33.9 Å². The molecule has 0 atom stereocenters. The standard InChI is InChI=1S/C17H27NO2/c1-16(2,3)12-9-11(7-8-14(18)19)10-13(15(12)20)17(4,5)6/h9-10,20H,7-8H2,1-6H3,(H2,18,19). The van der Waals surface area contributed by atoms with Crippen LogP contribution in [0.4, 0.5) is 0 Å². The summed E-state index contributed by atoms with van der Waals surface area (Å²) in [5.74, 6) is 0.0699. The molecule has 0 heterocycles. The molecule has 1 aromatic carbocycles. The average molecular weight is 277 g/mol. The van der Waals surface area contributed by atoms with E-state index in [0.29, 0.717) is 18.6 Å². The van der Waals surface area contributed by atoms with Gasteiger partial charge in [-0.3, -0.25) is 4.79 Å². The molecule has 3 nitrogen and oxygen atoms in total. The van der Waals surface area contributed by atoms with Crippen molar-refractivity contribution in [2.75, 3.05) is 0 Å². The van der Waals surface area contributed by atoms with Crippen LogP contribution in [0.1, 0.15) is 64.7 Å². The number of hydrogen-bond donors (Lipinski definition) is 2. The third kappa shape index (κ3) is 3.99. The zero-order valence-corrected chi connectivity index (χ0v) is 13.5. The molecular weight excluding hydrogens is 250 g/mol. The van der Waals surface area contributed by atoms with Gasteiger partial charge in [-0.15, -0.1) is 0 Å². The highest BCUT2D eigenvalue weighted by Gasteiger charge is 2.26. The Labute approximate surface area is 122 Å². The van der Waals surface area contributed by atoms with Crippen LogP contribution in [0.3, 0.4) is 0 Å². The molecule has 0 fully saturated rings. The first-order valence-electron chi connectivity index (χ1n) is 7.08. The molecule has 0 unspecified atom stereocenters. The van der Waals surface area contributed by atoms with Gasteiger partial charge in [-0.1, -0.05) is 53.7 Å². The molecule has 0 aliphatic carbocycles. The Morgan fingerprint density at radius 1 is 1.05 bits per heavy atom. The number of primary amides is 1. The van der Waals surface area contributed by atoms with Gasteiger partial charge in [0.25, 0.3) is 0 Å². The van der Waals surface area contributed by atoms with Crippen LogP contribution in [0.5, 0.6) is 5.75 Å². The maximum Gasteiger partial charge on any atom is 0.217 e. The lowest BCUT2D eigenvalue weighted by Crippen LogP contribution is -2.18. The smallest absolute Gasteiger partial charge is 0.217 e. The first-order valence-corrected chi connectivity index (χ1v) is 7.08. The molecule has 0 saturated heterocycles. The fourth-order valence-corrected chi connectivity index (χ4v) is 2.25. The number of hydrogen-bond acceptors (Lipinski definition) is 2. The van der Waals surface area contributed by atoms with E-state index in [0.717, 1.165) is 16.7 Å². The van der Waals surface area contributed by atoms with Gasteiger partial charge in [0.2, 0.25) is 5.91 Å². The molecule has 20 heavy (non-hydrogen) atoms. The lowest BCUT2D eigenvalue weighted by Gasteiger charge is -2.28. The van der Waals surface area contributed by atoms with Gasteiger partial charge in [0.15, 0.2) is 0 Å². The van der Waals surface area contributed by atoms with Crippen LogP contribution >= 0.6 is 0 Å². The number of phenolic OH excluding ortho intramolecular Hbond substituents is 1. The van der Waals surface area contributed by atoms with Gasteiger partial charge in [0, 0.05) is 6.42 Å². The van der Waals surface area contributed by atoms with Crippen molar-refractivity contribution < 1.29 is 9.90 Å². The van der Waals surface area contributed by atoms with Gasteiger partial charge in [-0.25, -0.2) is 0 Å². The van der Waals surface area contributed by atoms with Crippen LogP contribution in [0.2, 0.25) is 0 Å². The van der Waals surface area contributed by atoms with Crippen LogP contribution < -0.4 is 5.73 Å². The molecule has 0 spiro atoms. The monoisotopic (exact) mass is 277 g/mol. The molecule has 3 heteroatoms. The van der Waals surface area contributed by atoms with E-state index in [1.54, 1.807) is 0 Å². The van der Waals surface area contributed by atoms with Crippen LogP contribution in [-0.4, -0.2) is 11.0 Å². The SMILES string of the molecule is CC(C)(C)c1cc(CCC(N)=O)cc(C(C)(C)C)c1O. The highest BCUT2D eigenvalue weighted by Crippen LogP contribution is 2.39. The minimum absolute atomic E-state index is 0.146. The van der Waals surface area contributed by atoms with Crippen molar-refractivity contribution in [2.24, 2.45) is 5.73 Å². The van der Waals surface area contributed by atoms with E-state index in [9.17, 15) is 9.90 Å². The van der Waals surface area contributed by atoms with Gasteiger partial charge in [0.1, 0.15) is 5.75 Å². The maximum absolute atomic E-state index is 11.0. The molecule has 1 amide bonds. The number of aromatic hydroxyl groups is 1. The Balaban J connectivity index is 3.38. The largest absolute Gasteiger partial charge is 0.507 e. The summed E-state index contributed by atoms with van der Waals surface area (Å²) in [5.41, 5.74) is 7.83. The summed E-state index contributed by atoms with van der Waals surface area (Å²) < 4.78 is 0. The minimum atomic E-state index is -0.298. The maximum atomic E-state index is 11.0. The number of phenols is 1. The molecule has 112 valence electrons. The first kappa shape index (κ1) is 16.5. The second-order valence-corrected chi connectivity index (χ2v) is 7.51. The molecule has 1 aromatic rings. The summed E-state index contributed by atoms with van der Waals surface area (Å²) in [5, 5.41) is 10.6. The second-order valence-electron chi connectivity index (χ2n) is 7.51. The summed E-state index contributed by atoms with van der Waals surface area (Å²) in [6.45, 7) is 12.5. The van der Waals surface area contributed by atoms with E-state index in [2.05, 4.69) is 41.5 Å². The number of carbonyl (C=O) groups excluding carboxylic acids is 1. The van der Waals surface area contributed by atoms with Crippen LogP contribution in [0, 0.1) is 0 Å². The first-order chi connectivity index (χ1) is 8.93. The van der Waals surface area contributed by atoms with E-state index < -0.39 is 0 Å². The molecule has 0 saturated carbocycles. The van der Waals surface area contributed by atoms with Crippen LogP contribution in [0.15, 0.2) is 12.1 Å². The van der Waals surface area contributed by atoms with Gasteiger partial charge >= 0.3 is 0 Å². The lowest BCUT2D eigenvalue weighted by molar-refractivity contribution is -0.117. The summed E-state index contributed by atoms with van der Waals surface area (Å²) in [6, 6.07) is 3.99. The normalized spacial score (nSPS) is 12.5. The van der Waals surface area contributed by atoms with E-state index in [4.69, 9.17) is 5.73 Å². The van der Waals surface area contributed by atoms with Crippen molar-refractivity contribution >= 4 is 5.91 Å². The average Bonchev–Trinajstić information content (AvgIpc) is 2.24. The van der Waals surface area contributed by atoms with Gasteiger partial charge < -0.3 is 10.8 Å². The van der Waals surface area contributed by atoms with Crippen molar-refractivity contribution in [3.8, 4) is 5.75 Å². The number of amides is 1. The Morgan fingerprint density at radius 2 is 1.45 bits per heavy atom. The number of carbonyl (C=O) groups is 1.